The van der Waals surface area contributed by atoms with E-state index >= 15 is 0 Å². The van der Waals surface area contributed by atoms with Gasteiger partial charge in [0.1, 0.15) is 11.6 Å². The van der Waals surface area contributed by atoms with E-state index in [9.17, 15) is 4.39 Å². The number of nitrogens with two attached hydrogens (primary N) is 1. The predicted molar refractivity (Wildman–Crippen MR) is 72.9 cm³/mol. The van der Waals surface area contributed by atoms with Crippen LogP contribution < -0.4 is 10.5 Å². The summed E-state index contributed by atoms with van der Waals surface area (Å²) >= 11 is 7.47. The zero-order valence-corrected chi connectivity index (χ0v) is 11.4. The zero-order valence-electron chi connectivity index (χ0n) is 9.82. The molecule has 18 heavy (non-hydrogen) atoms. The Hall–Kier alpha value is -1.10. The Labute approximate surface area is 114 Å². The average Bonchev–Trinajstić information content (AvgIpc) is 2.82. The molecule has 0 bridgehead atoms. The number of halogens is 2. The number of methoxy groups -OCH3 is 1. The van der Waals surface area contributed by atoms with E-state index in [0.717, 1.165) is 10.6 Å². The number of ether oxygens (including phenoxy) is 1. The van der Waals surface area contributed by atoms with Gasteiger partial charge in [-0.15, -0.1) is 11.3 Å². The van der Waals surface area contributed by atoms with Gasteiger partial charge >= 0.3 is 0 Å². The molecule has 1 heterocycles. The van der Waals surface area contributed by atoms with Gasteiger partial charge in [0, 0.05) is 26.9 Å². The van der Waals surface area contributed by atoms with Gasteiger partial charge in [-0.05, 0) is 24.6 Å². The van der Waals surface area contributed by atoms with E-state index in [1.165, 1.54) is 17.4 Å². The third-order valence-electron chi connectivity index (χ3n) is 2.68. The van der Waals surface area contributed by atoms with E-state index in [4.69, 9.17) is 22.1 Å². The first-order valence-corrected chi connectivity index (χ1v) is 6.68. The Morgan fingerprint density at radius 3 is 2.89 bits per heavy atom. The maximum atomic E-state index is 13.6. The van der Waals surface area contributed by atoms with Crippen LogP contribution in [-0.4, -0.2) is 7.11 Å². The molecule has 0 saturated heterocycles. The van der Waals surface area contributed by atoms with Gasteiger partial charge in [0.25, 0.3) is 0 Å². The first-order chi connectivity index (χ1) is 8.61. The highest BCUT2D eigenvalue weighted by atomic mass is 35.5. The molecule has 0 spiro atoms. The van der Waals surface area contributed by atoms with Crippen molar-refractivity contribution in [1.29, 1.82) is 0 Å². The molecule has 96 valence electrons. The molecule has 2 aromatic rings. The van der Waals surface area contributed by atoms with E-state index in [-0.39, 0.29) is 11.9 Å². The normalized spacial score (nSPS) is 12.4. The van der Waals surface area contributed by atoms with Gasteiger partial charge in [-0.1, -0.05) is 17.7 Å². The quantitative estimate of drug-likeness (QED) is 0.927. The fourth-order valence-corrected chi connectivity index (χ4v) is 2.78. The molecule has 1 unspecified atom stereocenters. The number of hydrogen-bond donors (Lipinski definition) is 1. The summed E-state index contributed by atoms with van der Waals surface area (Å²) in [6, 6.07) is 6.23. The standard InChI is InChI=1S/C13H13ClFNOS/c1-17-8-5-13(18-7-8)12(16)6-9-10(14)3-2-4-11(9)15/h2-5,7,12H,6,16H2,1H3. The molecular weight excluding hydrogens is 273 g/mol. The zero-order chi connectivity index (χ0) is 13.1. The summed E-state index contributed by atoms with van der Waals surface area (Å²) in [5.41, 5.74) is 6.52. The van der Waals surface area contributed by atoms with Crippen LogP contribution in [0.25, 0.3) is 0 Å². The van der Waals surface area contributed by atoms with Crippen molar-refractivity contribution in [2.24, 2.45) is 5.73 Å². The monoisotopic (exact) mass is 285 g/mol. The molecule has 1 aromatic carbocycles. The lowest BCUT2D eigenvalue weighted by Crippen LogP contribution is -2.13. The number of benzene rings is 1. The second-order valence-electron chi connectivity index (χ2n) is 3.90. The summed E-state index contributed by atoms with van der Waals surface area (Å²) in [7, 11) is 1.60. The maximum Gasteiger partial charge on any atom is 0.129 e. The summed E-state index contributed by atoms with van der Waals surface area (Å²) in [5, 5.41) is 2.28. The second-order valence-corrected chi connectivity index (χ2v) is 5.25. The lowest BCUT2D eigenvalue weighted by molar-refractivity contribution is 0.416. The number of hydrogen-bond acceptors (Lipinski definition) is 3. The van der Waals surface area contributed by atoms with Crippen LogP contribution in [0.4, 0.5) is 4.39 Å². The SMILES string of the molecule is COc1csc(C(N)Cc2c(F)cccc2Cl)c1. The van der Waals surface area contributed by atoms with Crippen LogP contribution in [0.1, 0.15) is 16.5 Å². The fraction of sp³-hybridized carbons (Fsp3) is 0.231. The van der Waals surface area contributed by atoms with Crippen molar-refractivity contribution in [3.63, 3.8) is 0 Å². The van der Waals surface area contributed by atoms with Gasteiger partial charge in [0.05, 0.1) is 7.11 Å². The van der Waals surface area contributed by atoms with Crippen molar-refractivity contribution < 1.29 is 9.13 Å². The minimum absolute atomic E-state index is 0.284. The van der Waals surface area contributed by atoms with E-state index in [2.05, 4.69) is 0 Å². The summed E-state index contributed by atoms with van der Waals surface area (Å²) in [6.07, 6.45) is 0.370. The molecule has 2 nitrogen and oxygen atoms in total. The highest BCUT2D eigenvalue weighted by molar-refractivity contribution is 7.10. The van der Waals surface area contributed by atoms with Crippen LogP contribution in [0.15, 0.2) is 29.6 Å². The molecule has 2 rings (SSSR count). The molecule has 0 fully saturated rings. The highest BCUT2D eigenvalue weighted by Gasteiger charge is 2.15. The lowest BCUT2D eigenvalue weighted by atomic mass is 10.0. The number of rotatable bonds is 4. The average molecular weight is 286 g/mol. The minimum Gasteiger partial charge on any atom is -0.496 e. The van der Waals surface area contributed by atoms with Crippen molar-refractivity contribution in [3.8, 4) is 5.75 Å². The third-order valence-corrected chi connectivity index (χ3v) is 4.08. The Morgan fingerprint density at radius 1 is 1.50 bits per heavy atom. The van der Waals surface area contributed by atoms with Crippen molar-refractivity contribution in [3.05, 3.63) is 50.9 Å². The summed E-state index contributed by atoms with van der Waals surface area (Å²) in [6.45, 7) is 0. The first-order valence-electron chi connectivity index (χ1n) is 5.42. The van der Waals surface area contributed by atoms with Gasteiger partial charge in [-0.3, -0.25) is 0 Å². The summed E-state index contributed by atoms with van der Waals surface area (Å²) in [5.74, 6) is 0.451. The van der Waals surface area contributed by atoms with Crippen molar-refractivity contribution in [2.75, 3.05) is 7.11 Å². The van der Waals surface area contributed by atoms with Crippen molar-refractivity contribution in [1.82, 2.24) is 0 Å². The lowest BCUT2D eigenvalue weighted by Gasteiger charge is -2.11. The molecule has 2 N–H and O–H groups in total. The van der Waals surface area contributed by atoms with Gasteiger partial charge in [0.2, 0.25) is 0 Å². The molecular formula is C13H13ClFNOS. The highest BCUT2D eigenvalue weighted by Crippen LogP contribution is 2.30. The molecule has 0 aliphatic carbocycles. The largest absolute Gasteiger partial charge is 0.496 e. The van der Waals surface area contributed by atoms with E-state index < -0.39 is 0 Å². The smallest absolute Gasteiger partial charge is 0.129 e. The predicted octanol–water partition coefficient (Wildman–Crippen LogP) is 3.79. The first kappa shape index (κ1) is 13.3. The van der Waals surface area contributed by atoms with Gasteiger partial charge < -0.3 is 10.5 Å². The molecule has 0 saturated carbocycles. The van der Waals surface area contributed by atoms with Gasteiger partial charge in [0.15, 0.2) is 0 Å². The Kier molecular flexibility index (Phi) is 4.22. The Morgan fingerprint density at radius 2 is 2.28 bits per heavy atom. The third kappa shape index (κ3) is 2.83. The van der Waals surface area contributed by atoms with Crippen LogP contribution in [-0.2, 0) is 6.42 Å². The van der Waals surface area contributed by atoms with Crippen LogP contribution in [0.3, 0.4) is 0 Å². The topological polar surface area (TPSA) is 35.2 Å². The molecule has 1 aromatic heterocycles. The van der Waals surface area contributed by atoms with Crippen LogP contribution in [0.2, 0.25) is 5.02 Å². The minimum atomic E-state index is -0.318. The molecule has 1 atom stereocenters. The Bertz CT molecular complexity index is 523. The summed E-state index contributed by atoms with van der Waals surface area (Å²) < 4.78 is 18.7. The van der Waals surface area contributed by atoms with Gasteiger partial charge in [-0.25, -0.2) is 4.39 Å². The van der Waals surface area contributed by atoms with Crippen molar-refractivity contribution in [2.45, 2.75) is 12.5 Å². The summed E-state index contributed by atoms with van der Waals surface area (Å²) in [4.78, 5) is 0.950. The molecule has 0 aliphatic rings. The van der Waals surface area contributed by atoms with E-state index in [1.807, 2.05) is 11.4 Å². The molecule has 5 heteroatoms. The van der Waals surface area contributed by atoms with Crippen LogP contribution in [0.5, 0.6) is 5.75 Å². The number of thiophene rings is 1. The molecule has 0 amide bonds. The van der Waals surface area contributed by atoms with Crippen LogP contribution in [0, 0.1) is 5.82 Å². The fourth-order valence-electron chi connectivity index (χ4n) is 1.68. The maximum absolute atomic E-state index is 13.6. The van der Waals surface area contributed by atoms with Crippen LogP contribution >= 0.6 is 22.9 Å². The molecule has 0 aliphatic heterocycles. The second kappa shape index (κ2) is 5.69. The van der Waals surface area contributed by atoms with Crippen molar-refractivity contribution >= 4 is 22.9 Å². The van der Waals surface area contributed by atoms with Gasteiger partial charge in [-0.2, -0.15) is 0 Å². The molecule has 0 radical (unpaired) electrons. The van der Waals surface area contributed by atoms with E-state index in [1.54, 1.807) is 19.2 Å². The van der Waals surface area contributed by atoms with E-state index in [0.29, 0.717) is 17.0 Å². The Balaban J connectivity index is 2.18.